The van der Waals surface area contributed by atoms with Crippen LogP contribution in [0.2, 0.25) is 0 Å². The first-order valence-electron chi connectivity index (χ1n) is 12.4. The molecule has 3 heterocycles. The van der Waals surface area contributed by atoms with Gasteiger partial charge in [-0.05, 0) is 61.9 Å². The summed E-state index contributed by atoms with van der Waals surface area (Å²) in [6.45, 7) is 9.15. The molecule has 2 amide bonds. The van der Waals surface area contributed by atoms with Gasteiger partial charge in [-0.3, -0.25) is 14.5 Å². The van der Waals surface area contributed by atoms with Crippen LogP contribution in [-0.2, 0) is 11.2 Å². The molecule has 5 rings (SSSR count). The van der Waals surface area contributed by atoms with E-state index < -0.39 is 0 Å². The van der Waals surface area contributed by atoms with Crippen molar-refractivity contribution in [2.24, 2.45) is 0 Å². The summed E-state index contributed by atoms with van der Waals surface area (Å²) in [5.74, 6) is 0.195. The molecule has 2 aliphatic heterocycles. The molecule has 2 unspecified atom stereocenters. The summed E-state index contributed by atoms with van der Waals surface area (Å²) in [7, 11) is 0. The molecule has 0 bridgehead atoms. The maximum Gasteiger partial charge on any atom is 0.254 e. The molecule has 3 aromatic rings. The van der Waals surface area contributed by atoms with Crippen molar-refractivity contribution in [1.29, 1.82) is 0 Å². The molecule has 5 nitrogen and oxygen atoms in total. The molecule has 182 valence electrons. The first-order valence-corrected chi connectivity index (χ1v) is 13.3. The first-order chi connectivity index (χ1) is 16.9. The lowest BCUT2D eigenvalue weighted by molar-refractivity contribution is -0.135. The third-order valence-electron chi connectivity index (χ3n) is 7.34. The van der Waals surface area contributed by atoms with E-state index in [9.17, 15) is 9.59 Å². The molecule has 1 aromatic heterocycles. The van der Waals surface area contributed by atoms with Crippen molar-refractivity contribution in [2.45, 2.75) is 39.3 Å². The molecule has 2 aromatic carbocycles. The van der Waals surface area contributed by atoms with Gasteiger partial charge in [0.15, 0.2) is 0 Å². The fourth-order valence-corrected chi connectivity index (χ4v) is 6.20. The standard InChI is InChI=1S/C29H33N3O2S/c1-20-4-8-23(9-5-20)28-25-13-17-35-26(25)12-14-31(28)19-27(33)30-15-16-32(22(3)18-30)29(34)24-10-6-21(2)7-11-24/h4-11,13,17,22,28H,12,14-16,18-19H2,1-3H3. The van der Waals surface area contributed by atoms with Crippen LogP contribution in [0.3, 0.4) is 0 Å². The number of nitrogens with zero attached hydrogens (tertiary/aromatic N) is 3. The maximum atomic E-state index is 13.5. The summed E-state index contributed by atoms with van der Waals surface area (Å²) in [5, 5.41) is 2.17. The van der Waals surface area contributed by atoms with Crippen LogP contribution in [0.5, 0.6) is 0 Å². The monoisotopic (exact) mass is 487 g/mol. The van der Waals surface area contributed by atoms with E-state index in [2.05, 4.69) is 47.5 Å². The lowest BCUT2D eigenvalue weighted by Crippen LogP contribution is -2.57. The molecule has 35 heavy (non-hydrogen) atoms. The van der Waals surface area contributed by atoms with Crippen molar-refractivity contribution >= 4 is 23.2 Å². The molecule has 1 saturated heterocycles. The zero-order valence-electron chi connectivity index (χ0n) is 20.7. The molecule has 0 aliphatic carbocycles. The topological polar surface area (TPSA) is 43.9 Å². The van der Waals surface area contributed by atoms with Gasteiger partial charge in [0.1, 0.15) is 0 Å². The normalized spacial score (nSPS) is 20.5. The van der Waals surface area contributed by atoms with Crippen molar-refractivity contribution in [3.05, 3.63) is 92.7 Å². The molecule has 0 radical (unpaired) electrons. The Bertz CT molecular complexity index is 1200. The van der Waals surface area contributed by atoms with E-state index in [1.165, 1.54) is 21.6 Å². The van der Waals surface area contributed by atoms with Gasteiger partial charge in [0.05, 0.1) is 12.6 Å². The van der Waals surface area contributed by atoms with Gasteiger partial charge in [0.25, 0.3) is 5.91 Å². The van der Waals surface area contributed by atoms with Crippen LogP contribution in [0.15, 0.2) is 60.0 Å². The summed E-state index contributed by atoms with van der Waals surface area (Å²) in [6.07, 6.45) is 0.984. The Kier molecular flexibility index (Phi) is 6.76. The Balaban J connectivity index is 1.27. The van der Waals surface area contributed by atoms with Crippen LogP contribution in [0.25, 0.3) is 0 Å². The lowest BCUT2D eigenvalue weighted by atomic mass is 9.92. The van der Waals surface area contributed by atoms with Gasteiger partial charge >= 0.3 is 0 Å². The first kappa shape index (κ1) is 23.8. The summed E-state index contributed by atoms with van der Waals surface area (Å²) in [4.78, 5) is 34.1. The van der Waals surface area contributed by atoms with Crippen LogP contribution >= 0.6 is 11.3 Å². The Labute approximate surface area is 212 Å². The number of piperazine rings is 1. The van der Waals surface area contributed by atoms with E-state index in [1.807, 2.05) is 59.2 Å². The summed E-state index contributed by atoms with van der Waals surface area (Å²) in [5.41, 5.74) is 5.67. The van der Waals surface area contributed by atoms with E-state index in [0.717, 1.165) is 18.5 Å². The quantitative estimate of drug-likeness (QED) is 0.537. The molecule has 6 heteroatoms. The second kappa shape index (κ2) is 9.96. The van der Waals surface area contributed by atoms with Crippen molar-refractivity contribution in [3.8, 4) is 0 Å². The molecule has 0 spiro atoms. The van der Waals surface area contributed by atoms with Crippen LogP contribution in [-0.4, -0.2) is 65.3 Å². The molecule has 0 N–H and O–H groups in total. The average molecular weight is 488 g/mol. The van der Waals surface area contributed by atoms with E-state index >= 15 is 0 Å². The smallest absolute Gasteiger partial charge is 0.254 e. The van der Waals surface area contributed by atoms with E-state index in [-0.39, 0.29) is 23.9 Å². The van der Waals surface area contributed by atoms with Crippen LogP contribution in [0.1, 0.15) is 50.5 Å². The van der Waals surface area contributed by atoms with Gasteiger partial charge < -0.3 is 9.80 Å². The largest absolute Gasteiger partial charge is 0.338 e. The van der Waals surface area contributed by atoms with Crippen LogP contribution < -0.4 is 0 Å². The highest BCUT2D eigenvalue weighted by atomic mass is 32.1. The molecule has 0 saturated carbocycles. The number of benzene rings is 2. The van der Waals surface area contributed by atoms with Gasteiger partial charge in [0, 0.05) is 42.7 Å². The number of fused-ring (bicyclic) bond motifs is 1. The van der Waals surface area contributed by atoms with Gasteiger partial charge in [-0.25, -0.2) is 0 Å². The van der Waals surface area contributed by atoms with Crippen LogP contribution in [0, 0.1) is 13.8 Å². The number of amides is 2. The number of aryl methyl sites for hydroxylation is 2. The molecular formula is C29H33N3O2S. The Morgan fingerprint density at radius 3 is 2.29 bits per heavy atom. The van der Waals surface area contributed by atoms with E-state index in [4.69, 9.17) is 0 Å². The fraction of sp³-hybridized carbons (Fsp3) is 0.379. The summed E-state index contributed by atoms with van der Waals surface area (Å²) in [6, 6.07) is 18.7. The Morgan fingerprint density at radius 1 is 0.914 bits per heavy atom. The molecular weight excluding hydrogens is 454 g/mol. The molecule has 2 aliphatic rings. The number of hydrogen-bond donors (Lipinski definition) is 0. The number of thiophene rings is 1. The zero-order valence-corrected chi connectivity index (χ0v) is 21.6. The van der Waals surface area contributed by atoms with E-state index in [1.54, 1.807) is 0 Å². The summed E-state index contributed by atoms with van der Waals surface area (Å²) >= 11 is 1.82. The fourth-order valence-electron chi connectivity index (χ4n) is 5.30. The predicted octanol–water partition coefficient (Wildman–Crippen LogP) is 4.69. The number of carbonyl (C=O) groups excluding carboxylic acids is 2. The Hall–Kier alpha value is -2.96. The highest BCUT2D eigenvalue weighted by Crippen LogP contribution is 2.37. The second-order valence-electron chi connectivity index (χ2n) is 9.89. The highest BCUT2D eigenvalue weighted by molar-refractivity contribution is 7.10. The summed E-state index contributed by atoms with van der Waals surface area (Å²) < 4.78 is 0. The van der Waals surface area contributed by atoms with Crippen molar-refractivity contribution in [3.63, 3.8) is 0 Å². The number of carbonyl (C=O) groups is 2. The lowest BCUT2D eigenvalue weighted by Gasteiger charge is -2.42. The highest BCUT2D eigenvalue weighted by Gasteiger charge is 2.34. The van der Waals surface area contributed by atoms with Crippen molar-refractivity contribution < 1.29 is 9.59 Å². The maximum absolute atomic E-state index is 13.5. The zero-order chi connectivity index (χ0) is 24.5. The van der Waals surface area contributed by atoms with Gasteiger partial charge in [-0.15, -0.1) is 11.3 Å². The average Bonchev–Trinajstić information content (AvgIpc) is 3.33. The number of rotatable bonds is 4. The third kappa shape index (κ3) is 4.91. The Morgan fingerprint density at radius 2 is 1.60 bits per heavy atom. The van der Waals surface area contributed by atoms with E-state index in [0.29, 0.717) is 31.7 Å². The van der Waals surface area contributed by atoms with Crippen molar-refractivity contribution in [2.75, 3.05) is 32.7 Å². The van der Waals surface area contributed by atoms with Crippen molar-refractivity contribution in [1.82, 2.24) is 14.7 Å². The molecule has 1 fully saturated rings. The van der Waals surface area contributed by atoms with Crippen LogP contribution in [0.4, 0.5) is 0 Å². The third-order valence-corrected chi connectivity index (χ3v) is 8.33. The second-order valence-corrected chi connectivity index (χ2v) is 10.9. The minimum atomic E-state index is -0.0146. The predicted molar refractivity (Wildman–Crippen MR) is 141 cm³/mol. The van der Waals surface area contributed by atoms with Gasteiger partial charge in [0.2, 0.25) is 5.91 Å². The van der Waals surface area contributed by atoms with Gasteiger partial charge in [-0.1, -0.05) is 47.5 Å². The SMILES string of the molecule is Cc1ccc(C(=O)N2CCN(C(=O)CN3CCc4sccc4C3c3ccc(C)cc3)CC2C)cc1. The molecule has 2 atom stereocenters. The minimum absolute atomic E-state index is 0.0146. The number of hydrogen-bond acceptors (Lipinski definition) is 4. The van der Waals surface area contributed by atoms with Gasteiger partial charge in [-0.2, -0.15) is 0 Å². The minimum Gasteiger partial charge on any atom is -0.338 e.